The maximum Gasteiger partial charge on any atom is 0.175 e. The Hall–Kier alpha value is -1.91. The molecule has 0 radical (unpaired) electrons. The summed E-state index contributed by atoms with van der Waals surface area (Å²) in [7, 11) is 0. The molecule has 0 saturated heterocycles. The normalized spacial score (nSPS) is 21.2. The predicted molar refractivity (Wildman–Crippen MR) is 83.6 cm³/mol. The van der Waals surface area contributed by atoms with Crippen LogP contribution in [0, 0.1) is 12.3 Å². The highest BCUT2D eigenvalue weighted by Crippen LogP contribution is 2.36. The zero-order chi connectivity index (χ0) is 14.9. The maximum atomic E-state index is 4.34. The van der Waals surface area contributed by atoms with Gasteiger partial charge in [-0.25, -0.2) is 4.68 Å². The molecule has 5 heteroatoms. The van der Waals surface area contributed by atoms with Crippen molar-refractivity contribution in [2.24, 2.45) is 5.41 Å². The molecule has 1 saturated carbocycles. The van der Waals surface area contributed by atoms with Crippen molar-refractivity contribution in [1.82, 2.24) is 20.0 Å². The van der Waals surface area contributed by atoms with Crippen LogP contribution in [0.5, 0.6) is 0 Å². The fourth-order valence-corrected chi connectivity index (χ4v) is 3.10. The van der Waals surface area contributed by atoms with Gasteiger partial charge in [0.25, 0.3) is 0 Å². The molecule has 2 heterocycles. The van der Waals surface area contributed by atoms with Crippen molar-refractivity contribution in [3.05, 3.63) is 30.1 Å². The van der Waals surface area contributed by atoms with E-state index in [4.69, 9.17) is 0 Å². The van der Waals surface area contributed by atoms with Crippen LogP contribution in [0.15, 0.2) is 24.4 Å². The summed E-state index contributed by atoms with van der Waals surface area (Å²) in [5.41, 5.74) is 1.40. The van der Waals surface area contributed by atoms with Gasteiger partial charge in [-0.1, -0.05) is 20.3 Å². The largest absolute Gasteiger partial charge is 0.366 e. The zero-order valence-corrected chi connectivity index (χ0v) is 13.0. The molecule has 1 aliphatic carbocycles. The molecule has 1 fully saturated rings. The van der Waals surface area contributed by atoms with E-state index >= 15 is 0 Å². The summed E-state index contributed by atoms with van der Waals surface area (Å²) in [6.45, 7) is 6.65. The smallest absolute Gasteiger partial charge is 0.175 e. The summed E-state index contributed by atoms with van der Waals surface area (Å²) >= 11 is 0. The molecule has 0 bridgehead atoms. The van der Waals surface area contributed by atoms with Gasteiger partial charge in [-0.3, -0.25) is 0 Å². The van der Waals surface area contributed by atoms with Crippen molar-refractivity contribution in [2.45, 2.75) is 52.5 Å². The first kappa shape index (κ1) is 14.0. The molecule has 0 spiro atoms. The van der Waals surface area contributed by atoms with Crippen molar-refractivity contribution >= 4 is 5.82 Å². The standard InChI is InChI=1S/C16H23N5/c1-12-8-10-21(20-12)15-7-6-14(18-19-15)17-13-5-4-9-16(2,3)11-13/h6-8,10,13H,4-5,9,11H2,1-3H3,(H,17,18). The SMILES string of the molecule is Cc1ccn(-c2ccc(NC3CCCC(C)(C)C3)nn2)n1. The van der Waals surface area contributed by atoms with Crippen LogP contribution in [-0.2, 0) is 0 Å². The third-order valence-electron chi connectivity index (χ3n) is 4.16. The first-order valence-corrected chi connectivity index (χ1v) is 7.65. The quantitative estimate of drug-likeness (QED) is 0.939. The lowest BCUT2D eigenvalue weighted by atomic mass is 9.75. The van der Waals surface area contributed by atoms with Gasteiger partial charge in [0.05, 0.1) is 5.69 Å². The number of anilines is 1. The van der Waals surface area contributed by atoms with E-state index in [2.05, 4.69) is 34.5 Å². The maximum absolute atomic E-state index is 4.34. The lowest BCUT2D eigenvalue weighted by Crippen LogP contribution is -2.32. The topological polar surface area (TPSA) is 55.6 Å². The minimum absolute atomic E-state index is 0.426. The first-order valence-electron chi connectivity index (χ1n) is 7.65. The Bertz CT molecular complexity index is 599. The second kappa shape index (κ2) is 5.47. The predicted octanol–water partition coefficient (Wildman–Crippen LogP) is 3.35. The Kier molecular flexibility index (Phi) is 3.66. The molecule has 2 aromatic heterocycles. The van der Waals surface area contributed by atoms with Gasteiger partial charge in [-0.05, 0) is 49.8 Å². The van der Waals surface area contributed by atoms with Gasteiger partial charge in [0.15, 0.2) is 5.82 Å². The molecule has 1 atom stereocenters. The van der Waals surface area contributed by atoms with E-state index in [1.165, 1.54) is 25.7 Å². The third-order valence-corrected chi connectivity index (χ3v) is 4.16. The number of hydrogen-bond donors (Lipinski definition) is 1. The average Bonchev–Trinajstić information content (AvgIpc) is 2.85. The van der Waals surface area contributed by atoms with E-state index < -0.39 is 0 Å². The van der Waals surface area contributed by atoms with Crippen LogP contribution >= 0.6 is 0 Å². The Balaban J connectivity index is 1.67. The number of nitrogens with one attached hydrogen (secondary N) is 1. The summed E-state index contributed by atoms with van der Waals surface area (Å²) < 4.78 is 1.75. The molecule has 0 aromatic carbocycles. The number of rotatable bonds is 3. The van der Waals surface area contributed by atoms with Crippen LogP contribution in [0.1, 0.15) is 45.2 Å². The van der Waals surface area contributed by atoms with E-state index in [1.54, 1.807) is 4.68 Å². The van der Waals surface area contributed by atoms with Crippen LogP contribution in [0.3, 0.4) is 0 Å². The molecule has 1 N–H and O–H groups in total. The van der Waals surface area contributed by atoms with Crippen molar-refractivity contribution in [1.29, 1.82) is 0 Å². The Morgan fingerprint density at radius 1 is 1.24 bits per heavy atom. The third kappa shape index (κ3) is 3.40. The summed E-state index contributed by atoms with van der Waals surface area (Å²) in [6, 6.07) is 6.40. The minimum Gasteiger partial charge on any atom is -0.366 e. The second-order valence-electron chi connectivity index (χ2n) is 6.78. The first-order chi connectivity index (χ1) is 10.0. The van der Waals surface area contributed by atoms with Crippen LogP contribution in [-0.4, -0.2) is 26.0 Å². The minimum atomic E-state index is 0.426. The highest BCUT2D eigenvalue weighted by Gasteiger charge is 2.27. The summed E-state index contributed by atoms with van der Waals surface area (Å²) in [5.74, 6) is 1.60. The van der Waals surface area contributed by atoms with Crippen LogP contribution in [0.2, 0.25) is 0 Å². The highest BCUT2D eigenvalue weighted by molar-refractivity contribution is 5.37. The van der Waals surface area contributed by atoms with Gasteiger partial charge in [0, 0.05) is 12.2 Å². The molecule has 112 valence electrons. The monoisotopic (exact) mass is 285 g/mol. The van der Waals surface area contributed by atoms with Crippen molar-refractivity contribution in [3.63, 3.8) is 0 Å². The van der Waals surface area contributed by atoms with Gasteiger partial charge < -0.3 is 5.32 Å². The van der Waals surface area contributed by atoms with Gasteiger partial charge >= 0.3 is 0 Å². The van der Waals surface area contributed by atoms with E-state index in [1.807, 2.05) is 31.3 Å². The fraction of sp³-hybridized carbons (Fsp3) is 0.562. The van der Waals surface area contributed by atoms with Crippen LogP contribution in [0.4, 0.5) is 5.82 Å². The zero-order valence-electron chi connectivity index (χ0n) is 13.0. The number of aromatic nitrogens is 4. The lowest BCUT2D eigenvalue weighted by molar-refractivity contribution is 0.229. The van der Waals surface area contributed by atoms with E-state index in [0.29, 0.717) is 11.5 Å². The van der Waals surface area contributed by atoms with Crippen LogP contribution < -0.4 is 5.32 Å². The molecular formula is C16H23N5. The van der Waals surface area contributed by atoms with Gasteiger partial charge in [0.1, 0.15) is 5.82 Å². The fourth-order valence-electron chi connectivity index (χ4n) is 3.10. The number of nitrogens with zero attached hydrogens (tertiary/aromatic N) is 4. The van der Waals surface area contributed by atoms with Gasteiger partial charge in [0.2, 0.25) is 0 Å². The highest BCUT2D eigenvalue weighted by atomic mass is 15.3. The lowest BCUT2D eigenvalue weighted by Gasteiger charge is -2.35. The molecule has 5 nitrogen and oxygen atoms in total. The van der Waals surface area contributed by atoms with Crippen molar-refractivity contribution in [3.8, 4) is 5.82 Å². The number of aryl methyl sites for hydroxylation is 1. The average molecular weight is 285 g/mol. The van der Waals surface area contributed by atoms with E-state index in [9.17, 15) is 0 Å². The van der Waals surface area contributed by atoms with Crippen molar-refractivity contribution < 1.29 is 0 Å². The second-order valence-corrected chi connectivity index (χ2v) is 6.78. The Morgan fingerprint density at radius 2 is 2.10 bits per heavy atom. The molecular weight excluding hydrogens is 262 g/mol. The van der Waals surface area contributed by atoms with Crippen LogP contribution in [0.25, 0.3) is 5.82 Å². The molecule has 0 amide bonds. The van der Waals surface area contributed by atoms with Crippen molar-refractivity contribution in [2.75, 3.05) is 5.32 Å². The van der Waals surface area contributed by atoms with Gasteiger partial charge in [-0.2, -0.15) is 5.10 Å². The summed E-state index contributed by atoms with van der Waals surface area (Å²) in [6.07, 6.45) is 6.90. The number of hydrogen-bond acceptors (Lipinski definition) is 4. The summed E-state index contributed by atoms with van der Waals surface area (Å²) in [5, 5.41) is 16.4. The molecule has 21 heavy (non-hydrogen) atoms. The van der Waals surface area contributed by atoms with Gasteiger partial charge in [-0.15, -0.1) is 10.2 Å². The Morgan fingerprint density at radius 3 is 2.71 bits per heavy atom. The molecule has 2 aromatic rings. The molecule has 0 aliphatic heterocycles. The summed E-state index contributed by atoms with van der Waals surface area (Å²) in [4.78, 5) is 0. The van der Waals surface area contributed by atoms with E-state index in [0.717, 1.165) is 17.3 Å². The van der Waals surface area contributed by atoms with E-state index in [-0.39, 0.29) is 0 Å². The Labute approximate surface area is 125 Å². The molecule has 1 aliphatic rings. The molecule has 3 rings (SSSR count). The molecule has 1 unspecified atom stereocenters.